The Morgan fingerprint density at radius 1 is 1.00 bits per heavy atom. The van der Waals surface area contributed by atoms with Crippen LogP contribution >= 0.6 is 11.9 Å². The number of rotatable bonds is 5. The Balaban J connectivity index is 1.60. The number of carbonyl (C=O) groups excluding carboxylic acids is 1. The molecule has 6 nitrogen and oxygen atoms in total. The minimum absolute atomic E-state index is 0.0531. The molecule has 2 aromatic heterocycles. The summed E-state index contributed by atoms with van der Waals surface area (Å²) >= 11 is 0.841. The number of halogens is 6. The summed E-state index contributed by atoms with van der Waals surface area (Å²) in [6, 6.07) is 8.45. The molecule has 1 saturated heterocycles. The molecule has 190 valence electrons. The number of aromatic nitrogens is 2. The van der Waals surface area contributed by atoms with Crippen LogP contribution in [0.3, 0.4) is 0 Å². The van der Waals surface area contributed by atoms with E-state index < -0.39 is 29.4 Å². The van der Waals surface area contributed by atoms with Gasteiger partial charge in [0.1, 0.15) is 10.8 Å². The molecule has 1 amide bonds. The number of nitrogens with one attached hydrogen (secondary N) is 1. The van der Waals surface area contributed by atoms with E-state index in [4.69, 9.17) is 5.14 Å². The van der Waals surface area contributed by atoms with E-state index in [0.717, 1.165) is 30.1 Å². The summed E-state index contributed by atoms with van der Waals surface area (Å²) in [5.74, 6) is -0.935. The molecule has 1 fully saturated rings. The van der Waals surface area contributed by atoms with Gasteiger partial charge < -0.3 is 10.2 Å². The van der Waals surface area contributed by atoms with Gasteiger partial charge in [-0.2, -0.15) is 26.3 Å². The molecule has 3 aromatic rings. The summed E-state index contributed by atoms with van der Waals surface area (Å²) in [6.07, 6.45) is -6.59. The van der Waals surface area contributed by atoms with Gasteiger partial charge in [-0.15, -0.1) is 0 Å². The van der Waals surface area contributed by atoms with Gasteiger partial charge in [0, 0.05) is 37.1 Å². The third-order valence-electron chi connectivity index (χ3n) is 5.75. The molecule has 0 bridgehead atoms. The monoisotopic (exact) mass is 527 g/mol. The second-order valence-corrected chi connectivity index (χ2v) is 8.75. The fourth-order valence-electron chi connectivity index (χ4n) is 3.95. The number of alkyl halides is 6. The average molecular weight is 527 g/mol. The van der Waals surface area contributed by atoms with Crippen molar-refractivity contribution in [2.45, 2.75) is 29.7 Å². The Labute approximate surface area is 206 Å². The summed E-state index contributed by atoms with van der Waals surface area (Å²) in [7, 11) is 0. The molecule has 0 aliphatic carbocycles. The van der Waals surface area contributed by atoms with E-state index in [2.05, 4.69) is 15.3 Å². The van der Waals surface area contributed by atoms with Crippen molar-refractivity contribution >= 4 is 29.4 Å². The molecule has 0 spiro atoms. The minimum Gasteiger partial charge on any atom is -0.355 e. The van der Waals surface area contributed by atoms with Crippen molar-refractivity contribution in [1.29, 1.82) is 0 Å². The minimum atomic E-state index is -4.71. The van der Waals surface area contributed by atoms with Crippen LogP contribution in [0.25, 0.3) is 0 Å². The molecular formula is C23H19F6N5OS. The quantitative estimate of drug-likeness (QED) is 0.326. The predicted molar refractivity (Wildman–Crippen MR) is 122 cm³/mol. The molecule has 3 N–H and O–H groups in total. The number of hydrogen-bond acceptors (Lipinski definition) is 6. The van der Waals surface area contributed by atoms with Crippen LogP contribution in [0.1, 0.15) is 39.4 Å². The molecule has 13 heteroatoms. The van der Waals surface area contributed by atoms with Crippen LogP contribution in [0.2, 0.25) is 0 Å². The molecule has 1 aromatic carbocycles. The number of amides is 1. The van der Waals surface area contributed by atoms with Crippen LogP contribution in [0.4, 0.5) is 37.8 Å². The maximum absolute atomic E-state index is 13.4. The van der Waals surface area contributed by atoms with Gasteiger partial charge in [-0.05, 0) is 54.3 Å². The van der Waals surface area contributed by atoms with Gasteiger partial charge in [-0.3, -0.25) is 9.93 Å². The molecule has 1 atom stereocenters. The largest absolute Gasteiger partial charge is 0.417 e. The van der Waals surface area contributed by atoms with Gasteiger partial charge in [0.05, 0.1) is 16.7 Å². The molecule has 0 radical (unpaired) electrons. The van der Waals surface area contributed by atoms with Gasteiger partial charge in [0.15, 0.2) is 0 Å². The first-order valence-corrected chi connectivity index (χ1v) is 11.5. The van der Waals surface area contributed by atoms with E-state index in [1.54, 1.807) is 4.90 Å². The zero-order valence-corrected chi connectivity index (χ0v) is 19.2. The lowest BCUT2D eigenvalue weighted by Gasteiger charge is -2.22. The average Bonchev–Trinajstić information content (AvgIpc) is 3.33. The van der Waals surface area contributed by atoms with E-state index >= 15 is 0 Å². The van der Waals surface area contributed by atoms with Crippen molar-refractivity contribution in [2.75, 3.05) is 23.3 Å². The van der Waals surface area contributed by atoms with E-state index in [-0.39, 0.29) is 29.5 Å². The van der Waals surface area contributed by atoms with Gasteiger partial charge in [0.25, 0.3) is 5.91 Å². The molecule has 36 heavy (non-hydrogen) atoms. The zero-order chi connectivity index (χ0) is 26.1. The fourth-order valence-corrected chi connectivity index (χ4v) is 4.27. The highest BCUT2D eigenvalue weighted by molar-refractivity contribution is 7.97. The highest BCUT2D eigenvalue weighted by atomic mass is 32.2. The fraction of sp³-hybridized carbons (Fsp3) is 0.261. The molecule has 1 unspecified atom stereocenters. The van der Waals surface area contributed by atoms with Crippen molar-refractivity contribution < 1.29 is 31.1 Å². The normalized spacial score (nSPS) is 16.3. The smallest absolute Gasteiger partial charge is 0.355 e. The Kier molecular flexibility index (Phi) is 7.14. The van der Waals surface area contributed by atoms with Crippen LogP contribution in [0, 0.1) is 0 Å². The molecule has 3 heterocycles. The lowest BCUT2D eigenvalue weighted by Crippen LogP contribution is -2.26. The Morgan fingerprint density at radius 3 is 2.33 bits per heavy atom. The van der Waals surface area contributed by atoms with Crippen molar-refractivity contribution in [3.63, 3.8) is 0 Å². The van der Waals surface area contributed by atoms with Crippen LogP contribution in [-0.2, 0) is 12.4 Å². The Bertz CT molecular complexity index is 1250. The Hall–Kier alpha value is -3.32. The number of hydrogen-bond donors (Lipinski definition) is 2. The van der Waals surface area contributed by atoms with E-state index in [9.17, 15) is 31.1 Å². The van der Waals surface area contributed by atoms with Gasteiger partial charge in [-0.1, -0.05) is 12.1 Å². The summed E-state index contributed by atoms with van der Waals surface area (Å²) in [5, 5.41) is 8.42. The number of benzene rings is 1. The molecular weight excluding hydrogens is 508 g/mol. The Morgan fingerprint density at radius 2 is 1.69 bits per heavy atom. The number of carbonyl (C=O) groups is 1. The van der Waals surface area contributed by atoms with Crippen molar-refractivity contribution in [3.8, 4) is 0 Å². The maximum atomic E-state index is 13.4. The lowest BCUT2D eigenvalue weighted by atomic mass is 9.97. The van der Waals surface area contributed by atoms with Crippen molar-refractivity contribution in [1.82, 2.24) is 9.97 Å². The topological polar surface area (TPSA) is 84.1 Å². The van der Waals surface area contributed by atoms with Crippen molar-refractivity contribution in [2.24, 2.45) is 5.14 Å². The first kappa shape index (κ1) is 25.8. The van der Waals surface area contributed by atoms with Crippen LogP contribution in [0.5, 0.6) is 0 Å². The van der Waals surface area contributed by atoms with Gasteiger partial charge >= 0.3 is 12.4 Å². The van der Waals surface area contributed by atoms with Crippen LogP contribution in [0.15, 0.2) is 59.9 Å². The molecule has 4 rings (SSSR count). The maximum Gasteiger partial charge on any atom is 0.417 e. The lowest BCUT2D eigenvalue weighted by molar-refractivity contribution is -0.138. The van der Waals surface area contributed by atoms with Gasteiger partial charge in [-0.25, -0.2) is 9.97 Å². The predicted octanol–water partition coefficient (Wildman–Crippen LogP) is 5.73. The summed E-state index contributed by atoms with van der Waals surface area (Å²) < 4.78 is 78.7. The zero-order valence-electron chi connectivity index (χ0n) is 18.4. The SMILES string of the molecule is NSc1cc(NC(=O)c2cc(C(F)(F)F)cnc2N2CCC(c3ccc(C(F)(F)F)cc3)C2)ccn1. The van der Waals surface area contributed by atoms with Crippen LogP contribution < -0.4 is 15.4 Å². The number of nitrogens with two attached hydrogens (primary N) is 1. The second kappa shape index (κ2) is 9.97. The second-order valence-electron chi connectivity index (χ2n) is 8.10. The van der Waals surface area contributed by atoms with Crippen molar-refractivity contribution in [3.05, 3.63) is 77.1 Å². The summed E-state index contributed by atoms with van der Waals surface area (Å²) in [4.78, 5) is 22.6. The molecule has 1 aliphatic heterocycles. The standard InChI is InChI=1S/C23H19F6N5OS/c24-22(25,26)15-3-1-13(2-4-15)14-6-8-34(12-14)20-18(9-16(11-32-20)23(27,28)29)21(35)33-17-5-7-31-19(10-17)36-30/h1-5,7,9-11,14H,6,8,12,30H2,(H,31,33,35). The van der Waals surface area contributed by atoms with E-state index in [0.29, 0.717) is 29.8 Å². The third-order valence-corrected chi connectivity index (χ3v) is 6.21. The van der Waals surface area contributed by atoms with Gasteiger partial charge in [0.2, 0.25) is 0 Å². The highest BCUT2D eigenvalue weighted by Gasteiger charge is 2.35. The number of nitrogens with zero attached hydrogens (tertiary/aromatic N) is 3. The first-order valence-electron chi connectivity index (χ1n) is 10.6. The third kappa shape index (κ3) is 5.73. The van der Waals surface area contributed by atoms with E-state index in [1.165, 1.54) is 30.5 Å². The highest BCUT2D eigenvalue weighted by Crippen LogP contribution is 2.36. The van der Waals surface area contributed by atoms with Crippen LogP contribution in [-0.4, -0.2) is 29.0 Å². The summed E-state index contributed by atoms with van der Waals surface area (Å²) in [6.45, 7) is 0.626. The molecule has 1 aliphatic rings. The number of anilines is 2. The first-order chi connectivity index (χ1) is 17.0. The molecule has 0 saturated carbocycles. The number of pyridine rings is 2. The van der Waals surface area contributed by atoms with E-state index in [1.807, 2.05) is 0 Å². The summed E-state index contributed by atoms with van der Waals surface area (Å²) in [5.41, 5.74) is -1.18.